The van der Waals surface area contributed by atoms with Crippen LogP contribution in [0.4, 0.5) is 0 Å². The maximum absolute atomic E-state index is 12.3. The first-order valence-corrected chi connectivity index (χ1v) is 10.4. The molecule has 0 atom stereocenters. The highest BCUT2D eigenvalue weighted by molar-refractivity contribution is 5.91. The summed E-state index contributed by atoms with van der Waals surface area (Å²) in [6.07, 6.45) is 3.91. The largest absolute Gasteiger partial charge is 0.487 e. The number of fused-ring (bicyclic) bond motifs is 3. The summed E-state index contributed by atoms with van der Waals surface area (Å²) in [5.74, 6) is 0.855. The molecule has 0 fully saturated rings. The maximum atomic E-state index is 12.3. The average molecular weight is 422 g/mol. The van der Waals surface area contributed by atoms with E-state index >= 15 is 0 Å². The molecule has 0 saturated carbocycles. The van der Waals surface area contributed by atoms with Crippen LogP contribution in [0.15, 0.2) is 45.7 Å². The molecule has 3 aromatic rings. The van der Waals surface area contributed by atoms with Gasteiger partial charge in [-0.1, -0.05) is 6.07 Å². The fraction of sp³-hybridized carbons (Fsp3) is 0.375. The summed E-state index contributed by atoms with van der Waals surface area (Å²) < 4.78 is 17.5. The van der Waals surface area contributed by atoms with E-state index in [-0.39, 0.29) is 18.1 Å². The van der Waals surface area contributed by atoms with Crippen LogP contribution in [0, 0.1) is 6.92 Å². The number of nitrogens with zero attached hydrogens (tertiary/aromatic N) is 1. The van der Waals surface area contributed by atoms with Gasteiger partial charge in [0.15, 0.2) is 6.61 Å². The van der Waals surface area contributed by atoms with E-state index in [1.54, 1.807) is 12.3 Å². The van der Waals surface area contributed by atoms with E-state index in [9.17, 15) is 9.59 Å². The molecule has 7 heteroatoms. The second-order valence-corrected chi connectivity index (χ2v) is 8.38. The smallest absolute Gasteiger partial charge is 0.336 e. The topological polar surface area (TPSA) is 90.7 Å². The van der Waals surface area contributed by atoms with Crippen molar-refractivity contribution in [3.8, 4) is 11.5 Å². The van der Waals surface area contributed by atoms with Crippen LogP contribution in [-0.2, 0) is 17.6 Å². The standard InChI is InChI=1S/C24H26N2O5/c1-15-12-21(28)30-23-17-7-9-24(2,3)31-18(17)13-19(22(15)23)29-14-20(27)26-11-8-16-6-4-5-10-25-16/h4-6,10,12-13H,7-9,11,14H2,1-3H3,(H,26,27). The summed E-state index contributed by atoms with van der Waals surface area (Å²) in [4.78, 5) is 28.6. The number of ether oxygens (including phenoxy) is 2. The third-order valence-electron chi connectivity index (χ3n) is 5.39. The predicted octanol–water partition coefficient (Wildman–Crippen LogP) is 3.34. The molecule has 4 rings (SSSR count). The Balaban J connectivity index is 1.53. The number of aromatic nitrogens is 1. The molecular formula is C24H26N2O5. The fourth-order valence-corrected chi connectivity index (χ4v) is 3.80. The molecule has 0 spiro atoms. The molecule has 1 aromatic carbocycles. The zero-order valence-corrected chi connectivity index (χ0v) is 18.0. The van der Waals surface area contributed by atoms with Gasteiger partial charge in [0.25, 0.3) is 5.91 Å². The number of benzene rings is 1. The minimum absolute atomic E-state index is 0.155. The SMILES string of the molecule is Cc1cc(=O)oc2c3c(cc(OCC(=O)NCCc4ccccn4)c12)OC(C)(C)CC3. The van der Waals surface area contributed by atoms with Crippen molar-refractivity contribution in [2.24, 2.45) is 0 Å². The van der Waals surface area contributed by atoms with Gasteiger partial charge in [0.1, 0.15) is 22.7 Å². The molecule has 0 aliphatic carbocycles. The third-order valence-corrected chi connectivity index (χ3v) is 5.39. The van der Waals surface area contributed by atoms with E-state index in [2.05, 4.69) is 10.3 Å². The Labute approximate surface area is 180 Å². The number of rotatable bonds is 6. The lowest BCUT2D eigenvalue weighted by Gasteiger charge is -2.33. The van der Waals surface area contributed by atoms with E-state index in [0.29, 0.717) is 35.4 Å². The molecule has 31 heavy (non-hydrogen) atoms. The third kappa shape index (κ3) is 4.71. The molecule has 0 unspecified atom stereocenters. The Morgan fingerprint density at radius 3 is 2.90 bits per heavy atom. The first-order valence-electron chi connectivity index (χ1n) is 10.4. The normalized spacial score (nSPS) is 14.5. The predicted molar refractivity (Wildman–Crippen MR) is 117 cm³/mol. The molecule has 7 nitrogen and oxygen atoms in total. The Bertz CT molecular complexity index is 1170. The van der Waals surface area contributed by atoms with Crippen LogP contribution >= 0.6 is 0 Å². The molecule has 1 amide bonds. The van der Waals surface area contributed by atoms with E-state index < -0.39 is 5.63 Å². The molecule has 0 bridgehead atoms. The summed E-state index contributed by atoms with van der Waals surface area (Å²) >= 11 is 0. The van der Waals surface area contributed by atoms with Crippen LogP contribution in [0.3, 0.4) is 0 Å². The van der Waals surface area contributed by atoms with Crippen molar-refractivity contribution < 1.29 is 18.7 Å². The number of carbonyl (C=O) groups excluding carboxylic acids is 1. The van der Waals surface area contributed by atoms with Crippen LogP contribution in [0.1, 0.15) is 37.1 Å². The number of pyridine rings is 1. The second-order valence-electron chi connectivity index (χ2n) is 8.38. The van der Waals surface area contributed by atoms with Gasteiger partial charge < -0.3 is 19.2 Å². The number of hydrogen-bond acceptors (Lipinski definition) is 6. The molecule has 1 aliphatic heterocycles. The first kappa shape index (κ1) is 20.9. The van der Waals surface area contributed by atoms with Gasteiger partial charge in [-0.2, -0.15) is 0 Å². The summed E-state index contributed by atoms with van der Waals surface area (Å²) in [5.41, 5.74) is 2.25. The van der Waals surface area contributed by atoms with E-state index in [1.165, 1.54) is 6.07 Å². The summed E-state index contributed by atoms with van der Waals surface area (Å²) in [5, 5.41) is 3.54. The minimum Gasteiger partial charge on any atom is -0.487 e. The lowest BCUT2D eigenvalue weighted by atomic mass is 9.92. The summed E-state index contributed by atoms with van der Waals surface area (Å²) in [7, 11) is 0. The van der Waals surface area contributed by atoms with Crippen molar-refractivity contribution in [2.45, 2.75) is 45.6 Å². The second kappa shape index (κ2) is 8.41. The minimum atomic E-state index is -0.415. The first-order chi connectivity index (χ1) is 14.8. The Kier molecular flexibility index (Phi) is 5.67. The lowest BCUT2D eigenvalue weighted by molar-refractivity contribution is -0.123. The van der Waals surface area contributed by atoms with Gasteiger partial charge in [-0.3, -0.25) is 9.78 Å². The van der Waals surface area contributed by atoms with Gasteiger partial charge in [0.2, 0.25) is 0 Å². The van der Waals surface area contributed by atoms with E-state index in [4.69, 9.17) is 13.9 Å². The molecule has 0 radical (unpaired) electrons. The molecule has 1 N–H and O–H groups in total. The van der Waals surface area contributed by atoms with Crippen molar-refractivity contribution in [1.82, 2.24) is 10.3 Å². The maximum Gasteiger partial charge on any atom is 0.336 e. The zero-order chi connectivity index (χ0) is 22.0. The number of amides is 1. The Hall–Kier alpha value is -3.35. The summed E-state index contributed by atoms with van der Waals surface area (Å²) in [6.45, 7) is 6.18. The Morgan fingerprint density at radius 1 is 1.29 bits per heavy atom. The summed E-state index contributed by atoms with van der Waals surface area (Å²) in [6, 6.07) is 8.92. The van der Waals surface area contributed by atoms with Crippen molar-refractivity contribution in [1.29, 1.82) is 0 Å². The van der Waals surface area contributed by atoms with Crippen LogP contribution in [0.5, 0.6) is 11.5 Å². The van der Waals surface area contributed by atoms with Gasteiger partial charge in [0, 0.05) is 42.6 Å². The molecule has 3 heterocycles. The van der Waals surface area contributed by atoms with Gasteiger partial charge in [0.05, 0.1) is 5.39 Å². The number of aryl methyl sites for hydroxylation is 2. The quantitative estimate of drug-likeness (QED) is 0.613. The molecular weight excluding hydrogens is 396 g/mol. The van der Waals surface area contributed by atoms with Crippen LogP contribution in [-0.4, -0.2) is 29.6 Å². The molecule has 0 saturated heterocycles. The highest BCUT2D eigenvalue weighted by Crippen LogP contribution is 2.42. The number of nitrogens with one attached hydrogen (secondary N) is 1. The lowest BCUT2D eigenvalue weighted by Crippen LogP contribution is -2.33. The van der Waals surface area contributed by atoms with Gasteiger partial charge in [-0.25, -0.2) is 4.79 Å². The zero-order valence-electron chi connectivity index (χ0n) is 18.0. The van der Waals surface area contributed by atoms with Crippen molar-refractivity contribution >= 4 is 16.9 Å². The van der Waals surface area contributed by atoms with Crippen molar-refractivity contribution in [3.05, 3.63) is 63.8 Å². The molecule has 1 aliphatic rings. The van der Waals surface area contributed by atoms with Gasteiger partial charge in [-0.05, 0) is 51.3 Å². The molecule has 2 aromatic heterocycles. The van der Waals surface area contributed by atoms with Gasteiger partial charge in [-0.15, -0.1) is 0 Å². The van der Waals surface area contributed by atoms with E-state index in [1.807, 2.05) is 39.0 Å². The molecule has 162 valence electrons. The van der Waals surface area contributed by atoms with Crippen molar-refractivity contribution in [3.63, 3.8) is 0 Å². The monoisotopic (exact) mass is 422 g/mol. The highest BCUT2D eigenvalue weighted by Gasteiger charge is 2.30. The number of hydrogen-bond donors (Lipinski definition) is 1. The average Bonchev–Trinajstić information content (AvgIpc) is 2.71. The van der Waals surface area contributed by atoms with Gasteiger partial charge >= 0.3 is 5.63 Å². The van der Waals surface area contributed by atoms with Crippen molar-refractivity contribution in [2.75, 3.05) is 13.2 Å². The Morgan fingerprint density at radius 2 is 2.13 bits per heavy atom. The van der Waals surface area contributed by atoms with Crippen LogP contribution in [0.2, 0.25) is 0 Å². The number of carbonyl (C=O) groups is 1. The fourth-order valence-electron chi connectivity index (χ4n) is 3.80. The van der Waals surface area contributed by atoms with Crippen LogP contribution < -0.4 is 20.4 Å². The van der Waals surface area contributed by atoms with E-state index in [0.717, 1.165) is 29.7 Å². The van der Waals surface area contributed by atoms with Crippen LogP contribution in [0.25, 0.3) is 11.0 Å². The highest BCUT2D eigenvalue weighted by atomic mass is 16.5.